The number of nitrogens with zero attached hydrogens (tertiary/aromatic N) is 3. The van der Waals surface area contributed by atoms with Crippen molar-refractivity contribution in [1.82, 2.24) is 15.0 Å². The first-order valence-corrected chi connectivity index (χ1v) is 19.5. The first kappa shape index (κ1) is 33.2. The van der Waals surface area contributed by atoms with Crippen LogP contribution in [0.5, 0.6) is 0 Å². The van der Waals surface area contributed by atoms with Gasteiger partial charge in [-0.05, 0) is 89.1 Å². The van der Waals surface area contributed by atoms with Crippen LogP contribution in [0.3, 0.4) is 0 Å². The summed E-state index contributed by atoms with van der Waals surface area (Å²) in [4.78, 5) is 15.3. The average Bonchev–Trinajstić information content (AvgIpc) is 3.51. The Labute approximate surface area is 313 Å². The van der Waals surface area contributed by atoms with E-state index in [4.69, 9.17) is 15.0 Å². The second-order valence-electron chi connectivity index (χ2n) is 14.8. The standard InChI is InChI=1S/C50H45N3/c1-4-14-36(15-5-1)38-24-26-39(27-25-38)37-19-12-21-43(31-28-37)50(34-10-3-11-35-50)44-32-29-42(30-33-44)48-51-47(41-17-6-2-7-18-41)52-49(53-48)46-23-13-20-40-16-8-9-22-45(40)46/h4,6,8-9,12-18,20-33H,1-3,5,7,10-11,19,34-35H2. The third-order valence-corrected chi connectivity index (χ3v) is 11.6. The summed E-state index contributed by atoms with van der Waals surface area (Å²) in [5.41, 5.74) is 11.2. The zero-order chi connectivity index (χ0) is 35.5. The second-order valence-corrected chi connectivity index (χ2v) is 14.8. The van der Waals surface area contributed by atoms with Crippen molar-refractivity contribution >= 4 is 27.5 Å². The van der Waals surface area contributed by atoms with Crippen LogP contribution in [0, 0.1) is 0 Å². The maximum Gasteiger partial charge on any atom is 0.164 e. The van der Waals surface area contributed by atoms with Crippen molar-refractivity contribution in [2.75, 3.05) is 0 Å². The van der Waals surface area contributed by atoms with Crippen LogP contribution >= 0.6 is 0 Å². The molecule has 3 heteroatoms. The fraction of sp³-hybridized carbons (Fsp3) is 0.220. The van der Waals surface area contributed by atoms with Crippen LogP contribution in [-0.2, 0) is 5.41 Å². The molecule has 0 unspecified atom stereocenters. The molecule has 4 aliphatic carbocycles. The van der Waals surface area contributed by atoms with Crippen molar-refractivity contribution in [3.8, 4) is 22.8 Å². The molecule has 0 amide bonds. The van der Waals surface area contributed by atoms with E-state index in [1.165, 1.54) is 58.1 Å². The minimum atomic E-state index is -0.0149. The number of hydrogen-bond donors (Lipinski definition) is 0. The Bertz CT molecular complexity index is 2370. The zero-order valence-electron chi connectivity index (χ0n) is 30.3. The van der Waals surface area contributed by atoms with Crippen LogP contribution in [0.2, 0.25) is 0 Å². The van der Waals surface area contributed by atoms with Gasteiger partial charge in [-0.25, -0.2) is 15.0 Å². The molecule has 0 aliphatic heterocycles. The van der Waals surface area contributed by atoms with E-state index in [1.54, 1.807) is 0 Å². The van der Waals surface area contributed by atoms with Crippen LogP contribution in [0.4, 0.5) is 0 Å². The Balaban J connectivity index is 1.06. The van der Waals surface area contributed by atoms with Gasteiger partial charge in [0.05, 0.1) is 0 Å². The van der Waals surface area contributed by atoms with Crippen LogP contribution in [0.1, 0.15) is 86.7 Å². The van der Waals surface area contributed by atoms with Crippen molar-refractivity contribution < 1.29 is 0 Å². The summed E-state index contributed by atoms with van der Waals surface area (Å²) < 4.78 is 0. The second kappa shape index (κ2) is 14.8. The summed E-state index contributed by atoms with van der Waals surface area (Å²) in [6.07, 6.45) is 34.4. The summed E-state index contributed by atoms with van der Waals surface area (Å²) >= 11 is 0. The van der Waals surface area contributed by atoms with Gasteiger partial charge in [-0.1, -0.05) is 171 Å². The number of aromatic nitrogens is 3. The molecule has 0 N–H and O–H groups in total. The number of allylic oxidation sites excluding steroid dienone is 14. The van der Waals surface area contributed by atoms with Crippen LogP contribution in [0.15, 0.2) is 157 Å². The maximum absolute atomic E-state index is 5.14. The van der Waals surface area contributed by atoms with E-state index in [-0.39, 0.29) is 5.41 Å². The first-order valence-electron chi connectivity index (χ1n) is 19.5. The quantitative estimate of drug-likeness (QED) is 0.171. The first-order chi connectivity index (χ1) is 26.2. The van der Waals surface area contributed by atoms with Gasteiger partial charge in [0.2, 0.25) is 0 Å². The lowest BCUT2D eigenvalue weighted by Gasteiger charge is -2.39. The van der Waals surface area contributed by atoms with Crippen LogP contribution < -0.4 is 0 Å². The molecular formula is C50H45N3. The van der Waals surface area contributed by atoms with Gasteiger partial charge in [0.15, 0.2) is 17.5 Å². The van der Waals surface area contributed by atoms with Gasteiger partial charge in [-0.3, -0.25) is 0 Å². The number of hydrogen-bond acceptors (Lipinski definition) is 3. The Morgan fingerprint density at radius 1 is 0.491 bits per heavy atom. The number of rotatable bonds is 7. The summed E-state index contributed by atoms with van der Waals surface area (Å²) in [7, 11) is 0. The largest absolute Gasteiger partial charge is 0.208 e. The number of benzene rings is 4. The van der Waals surface area contributed by atoms with E-state index < -0.39 is 0 Å². The molecule has 4 aromatic carbocycles. The van der Waals surface area contributed by atoms with Gasteiger partial charge >= 0.3 is 0 Å². The summed E-state index contributed by atoms with van der Waals surface area (Å²) in [6, 6.07) is 33.2. The van der Waals surface area contributed by atoms with E-state index in [2.05, 4.69) is 152 Å². The highest BCUT2D eigenvalue weighted by atomic mass is 15.0. The highest BCUT2D eigenvalue weighted by Crippen LogP contribution is 2.47. The lowest BCUT2D eigenvalue weighted by atomic mass is 9.64. The van der Waals surface area contributed by atoms with Gasteiger partial charge < -0.3 is 0 Å². The van der Waals surface area contributed by atoms with E-state index >= 15 is 0 Å². The fourth-order valence-electron chi connectivity index (χ4n) is 8.66. The van der Waals surface area contributed by atoms with Crippen molar-refractivity contribution in [3.63, 3.8) is 0 Å². The Morgan fingerprint density at radius 3 is 1.94 bits per heavy atom. The fourth-order valence-corrected chi connectivity index (χ4v) is 8.66. The van der Waals surface area contributed by atoms with Crippen molar-refractivity contribution in [1.29, 1.82) is 0 Å². The molecule has 53 heavy (non-hydrogen) atoms. The average molecular weight is 688 g/mol. The SMILES string of the molecule is C1=CC(c2ccc(C3=CC=C(C4(c5ccc(-c6nc(C7=CCCC=C7)nc(-c7cccc8ccccc78)n6)cc5)CCCCC4)C=CC3)cc2)=CCC1. The Morgan fingerprint density at radius 2 is 1.17 bits per heavy atom. The molecule has 1 saturated carbocycles. The molecular weight excluding hydrogens is 643 g/mol. The molecule has 5 aromatic rings. The smallest absolute Gasteiger partial charge is 0.164 e. The summed E-state index contributed by atoms with van der Waals surface area (Å²) in [5.74, 6) is 2.16. The van der Waals surface area contributed by atoms with Crippen molar-refractivity contribution in [2.24, 2.45) is 0 Å². The predicted molar refractivity (Wildman–Crippen MR) is 222 cm³/mol. The minimum Gasteiger partial charge on any atom is -0.208 e. The predicted octanol–water partition coefficient (Wildman–Crippen LogP) is 13.0. The Kier molecular flexibility index (Phi) is 9.24. The summed E-state index contributed by atoms with van der Waals surface area (Å²) in [5, 5.41) is 2.33. The lowest BCUT2D eigenvalue weighted by molar-refractivity contribution is 0.345. The molecule has 1 fully saturated rings. The molecule has 1 heterocycles. The summed E-state index contributed by atoms with van der Waals surface area (Å²) in [6.45, 7) is 0. The molecule has 0 spiro atoms. The van der Waals surface area contributed by atoms with Crippen LogP contribution in [-0.4, -0.2) is 15.0 Å². The lowest BCUT2D eigenvalue weighted by Crippen LogP contribution is -2.30. The normalized spacial score (nSPS) is 18.2. The van der Waals surface area contributed by atoms with Crippen LogP contribution in [0.25, 0.3) is 50.3 Å². The minimum absolute atomic E-state index is 0.0149. The monoisotopic (exact) mass is 687 g/mol. The molecule has 0 bridgehead atoms. The molecule has 0 saturated heterocycles. The molecule has 0 radical (unpaired) electrons. The third-order valence-electron chi connectivity index (χ3n) is 11.6. The van der Waals surface area contributed by atoms with E-state index in [0.29, 0.717) is 11.6 Å². The zero-order valence-corrected chi connectivity index (χ0v) is 30.3. The molecule has 3 nitrogen and oxygen atoms in total. The van der Waals surface area contributed by atoms with E-state index in [0.717, 1.165) is 72.9 Å². The molecule has 1 aromatic heterocycles. The third kappa shape index (κ3) is 6.73. The highest BCUT2D eigenvalue weighted by Gasteiger charge is 2.36. The topological polar surface area (TPSA) is 38.7 Å². The molecule has 9 rings (SSSR count). The number of fused-ring (bicyclic) bond motifs is 1. The maximum atomic E-state index is 5.14. The van der Waals surface area contributed by atoms with Gasteiger partial charge in [0.1, 0.15) is 0 Å². The molecule has 0 atom stereocenters. The highest BCUT2D eigenvalue weighted by molar-refractivity contribution is 5.95. The van der Waals surface area contributed by atoms with Gasteiger partial charge in [-0.2, -0.15) is 0 Å². The van der Waals surface area contributed by atoms with Crippen molar-refractivity contribution in [3.05, 3.63) is 180 Å². The molecule has 260 valence electrons. The van der Waals surface area contributed by atoms with Gasteiger partial charge in [-0.15, -0.1) is 0 Å². The van der Waals surface area contributed by atoms with Crippen molar-refractivity contribution in [2.45, 2.75) is 69.6 Å². The van der Waals surface area contributed by atoms with E-state index in [1.807, 2.05) is 0 Å². The molecule has 4 aliphatic rings. The van der Waals surface area contributed by atoms with E-state index in [9.17, 15) is 0 Å². The Hall–Kier alpha value is -5.67. The van der Waals surface area contributed by atoms with Gasteiger partial charge in [0.25, 0.3) is 0 Å². The van der Waals surface area contributed by atoms with Gasteiger partial charge in [0, 0.05) is 22.1 Å².